The Morgan fingerprint density at radius 3 is 2.24 bits per heavy atom. The molecule has 1 aromatic heterocycles. The molecule has 3 aromatic carbocycles. The maximum absolute atomic E-state index is 14.2. The Labute approximate surface area is 171 Å². The molecular weight excluding hydrogens is 415 g/mol. The van der Waals surface area contributed by atoms with Gasteiger partial charge >= 0.3 is 0 Å². The van der Waals surface area contributed by atoms with Crippen LogP contribution in [0, 0.1) is 5.82 Å². The first kappa shape index (κ1) is 19.2. The molecule has 146 valence electrons. The summed E-state index contributed by atoms with van der Waals surface area (Å²) in [4.78, 5) is 4.17. The second kappa shape index (κ2) is 7.69. The van der Waals surface area contributed by atoms with Crippen molar-refractivity contribution in [3.05, 3.63) is 89.7 Å². The van der Waals surface area contributed by atoms with Crippen LogP contribution in [0.1, 0.15) is 0 Å². The van der Waals surface area contributed by atoms with Gasteiger partial charge in [-0.2, -0.15) is 4.98 Å². The molecule has 0 saturated heterocycles. The Hall–Kier alpha value is -3.16. The van der Waals surface area contributed by atoms with E-state index in [1.807, 2.05) is 0 Å². The first-order valence-electron chi connectivity index (χ1n) is 8.53. The van der Waals surface area contributed by atoms with Crippen molar-refractivity contribution in [1.82, 2.24) is 4.98 Å². The third-order valence-corrected chi connectivity index (χ3v) is 6.04. The maximum Gasteiger partial charge on any atom is 0.238 e. The highest BCUT2D eigenvalue weighted by molar-refractivity contribution is 7.91. The largest absolute Gasteiger partial charge is 0.419 e. The number of hydrogen-bond donors (Lipinski definition) is 1. The molecule has 0 spiro atoms. The number of halogens is 2. The molecule has 4 aromatic rings. The van der Waals surface area contributed by atoms with Gasteiger partial charge in [0.1, 0.15) is 5.82 Å². The summed E-state index contributed by atoms with van der Waals surface area (Å²) in [5.41, 5.74) is 0.594. The molecule has 0 saturated carbocycles. The summed E-state index contributed by atoms with van der Waals surface area (Å²) in [6, 6.07) is 20.3. The molecule has 29 heavy (non-hydrogen) atoms. The van der Waals surface area contributed by atoms with Gasteiger partial charge in [-0.3, -0.25) is 0 Å². The van der Waals surface area contributed by atoms with E-state index in [1.165, 1.54) is 30.3 Å². The first-order chi connectivity index (χ1) is 13.9. The zero-order valence-electron chi connectivity index (χ0n) is 14.8. The Morgan fingerprint density at radius 2 is 1.55 bits per heavy atom. The highest BCUT2D eigenvalue weighted by Gasteiger charge is 2.29. The van der Waals surface area contributed by atoms with E-state index >= 15 is 0 Å². The molecule has 0 aliphatic rings. The maximum atomic E-state index is 14.2. The van der Waals surface area contributed by atoms with Gasteiger partial charge in [-0.25, -0.2) is 12.8 Å². The lowest BCUT2D eigenvalue weighted by Gasteiger charge is -2.06. The third-order valence-electron chi connectivity index (χ3n) is 4.11. The van der Waals surface area contributed by atoms with E-state index in [-0.39, 0.29) is 27.3 Å². The normalized spacial score (nSPS) is 11.4. The highest BCUT2D eigenvalue weighted by atomic mass is 35.5. The van der Waals surface area contributed by atoms with Gasteiger partial charge in [0.15, 0.2) is 0 Å². The van der Waals surface area contributed by atoms with Crippen molar-refractivity contribution in [3.63, 3.8) is 0 Å². The zero-order valence-corrected chi connectivity index (χ0v) is 16.4. The minimum Gasteiger partial charge on any atom is -0.419 e. The number of oxazole rings is 1. The zero-order chi connectivity index (χ0) is 20.4. The van der Waals surface area contributed by atoms with Gasteiger partial charge in [0.25, 0.3) is 0 Å². The number of hydrogen-bond acceptors (Lipinski definition) is 5. The smallest absolute Gasteiger partial charge is 0.238 e. The van der Waals surface area contributed by atoms with Crippen molar-refractivity contribution in [3.8, 4) is 11.5 Å². The van der Waals surface area contributed by atoms with Gasteiger partial charge in [-0.05, 0) is 48.5 Å². The van der Waals surface area contributed by atoms with Crippen molar-refractivity contribution < 1.29 is 17.2 Å². The Balaban J connectivity index is 1.86. The standard InChI is InChI=1S/C21H14ClFN2O3S/c22-14-10-12-15(13-11-14)24-20-21(29(26,27)16-6-2-1-3-7-16)25-19(28-20)17-8-4-5-9-18(17)23/h1-13,24H. The summed E-state index contributed by atoms with van der Waals surface area (Å²) in [6.45, 7) is 0. The molecule has 1 heterocycles. The second-order valence-corrected chi connectivity index (χ2v) is 8.38. The minimum absolute atomic E-state index is 0.0486. The summed E-state index contributed by atoms with van der Waals surface area (Å²) >= 11 is 5.90. The van der Waals surface area contributed by atoms with Crippen LogP contribution in [0.3, 0.4) is 0 Å². The Morgan fingerprint density at radius 1 is 0.897 bits per heavy atom. The highest BCUT2D eigenvalue weighted by Crippen LogP contribution is 2.34. The first-order valence-corrected chi connectivity index (χ1v) is 10.4. The lowest BCUT2D eigenvalue weighted by molar-refractivity contribution is 0.572. The van der Waals surface area contributed by atoms with Crippen LogP contribution in [0.15, 0.2) is 93.2 Å². The van der Waals surface area contributed by atoms with Crippen molar-refractivity contribution in [2.45, 2.75) is 9.92 Å². The van der Waals surface area contributed by atoms with Crippen LogP contribution in [0.4, 0.5) is 16.0 Å². The Kier molecular flexibility index (Phi) is 5.08. The van der Waals surface area contributed by atoms with Crippen molar-refractivity contribution >= 4 is 33.0 Å². The predicted octanol–water partition coefficient (Wildman–Crippen LogP) is 5.71. The van der Waals surface area contributed by atoms with E-state index in [4.69, 9.17) is 16.0 Å². The third kappa shape index (κ3) is 3.87. The summed E-state index contributed by atoms with van der Waals surface area (Å²) in [5, 5.41) is 3.08. The van der Waals surface area contributed by atoms with E-state index in [0.29, 0.717) is 10.7 Å². The van der Waals surface area contributed by atoms with Crippen LogP contribution in [-0.2, 0) is 9.84 Å². The van der Waals surface area contributed by atoms with Gasteiger partial charge in [0, 0.05) is 10.7 Å². The van der Waals surface area contributed by atoms with E-state index in [2.05, 4.69) is 10.3 Å². The number of benzene rings is 3. The van der Waals surface area contributed by atoms with Crippen LogP contribution in [0.5, 0.6) is 0 Å². The topological polar surface area (TPSA) is 72.2 Å². The fourth-order valence-electron chi connectivity index (χ4n) is 2.69. The van der Waals surface area contributed by atoms with Gasteiger partial charge in [-0.1, -0.05) is 41.9 Å². The molecule has 0 aliphatic carbocycles. The lowest BCUT2D eigenvalue weighted by Crippen LogP contribution is -2.05. The fraction of sp³-hybridized carbons (Fsp3) is 0. The average Bonchev–Trinajstić information content (AvgIpc) is 3.15. The number of sulfone groups is 1. The minimum atomic E-state index is -4.01. The van der Waals surface area contributed by atoms with Gasteiger partial charge in [0.05, 0.1) is 10.5 Å². The van der Waals surface area contributed by atoms with Gasteiger partial charge in [-0.15, -0.1) is 0 Å². The summed E-state index contributed by atoms with van der Waals surface area (Å²) in [6.07, 6.45) is 0. The van der Waals surface area contributed by atoms with E-state index in [1.54, 1.807) is 48.5 Å². The molecule has 8 heteroatoms. The fourth-order valence-corrected chi connectivity index (χ4v) is 4.10. The molecule has 0 fully saturated rings. The number of nitrogens with one attached hydrogen (secondary N) is 1. The molecule has 0 radical (unpaired) electrons. The van der Waals surface area contributed by atoms with E-state index < -0.39 is 15.7 Å². The second-order valence-electron chi connectivity index (χ2n) is 6.08. The predicted molar refractivity (Wildman–Crippen MR) is 109 cm³/mol. The van der Waals surface area contributed by atoms with Crippen LogP contribution in [-0.4, -0.2) is 13.4 Å². The molecule has 0 amide bonds. The summed E-state index contributed by atoms with van der Waals surface area (Å²) in [7, 11) is -4.01. The van der Waals surface area contributed by atoms with E-state index in [0.717, 1.165) is 0 Å². The van der Waals surface area contributed by atoms with Crippen molar-refractivity contribution in [2.24, 2.45) is 0 Å². The molecule has 0 bridgehead atoms. The SMILES string of the molecule is O=S(=O)(c1ccccc1)c1nc(-c2ccccc2F)oc1Nc1ccc(Cl)cc1. The number of aromatic nitrogens is 1. The van der Waals surface area contributed by atoms with Crippen molar-refractivity contribution in [1.29, 1.82) is 0 Å². The summed E-state index contributed by atoms with van der Waals surface area (Å²) < 4.78 is 46.2. The monoisotopic (exact) mass is 428 g/mol. The Bertz CT molecular complexity index is 1260. The van der Waals surface area contributed by atoms with Crippen molar-refractivity contribution in [2.75, 3.05) is 5.32 Å². The number of anilines is 2. The molecule has 4 rings (SSSR count). The number of nitrogens with zero attached hydrogens (tertiary/aromatic N) is 1. The average molecular weight is 429 g/mol. The number of rotatable bonds is 5. The van der Waals surface area contributed by atoms with Gasteiger partial charge < -0.3 is 9.73 Å². The quantitative estimate of drug-likeness (QED) is 0.440. The molecule has 1 N–H and O–H groups in total. The van der Waals surface area contributed by atoms with E-state index in [9.17, 15) is 12.8 Å². The lowest BCUT2D eigenvalue weighted by atomic mass is 10.2. The molecule has 0 aliphatic heterocycles. The van der Waals surface area contributed by atoms with Crippen LogP contribution < -0.4 is 5.32 Å². The molecule has 5 nitrogen and oxygen atoms in total. The van der Waals surface area contributed by atoms with Crippen LogP contribution in [0.25, 0.3) is 11.5 Å². The van der Waals surface area contributed by atoms with Crippen LogP contribution >= 0.6 is 11.6 Å². The van der Waals surface area contributed by atoms with Gasteiger partial charge in [0.2, 0.25) is 26.6 Å². The molecule has 0 unspecified atom stereocenters. The molecule has 0 atom stereocenters. The molecular formula is C21H14ClFN2O3S. The van der Waals surface area contributed by atoms with Crippen LogP contribution in [0.2, 0.25) is 5.02 Å². The summed E-state index contributed by atoms with van der Waals surface area (Å²) in [5.74, 6) is -0.834.